The normalized spacial score (nSPS) is 10.0. The van der Waals surface area contributed by atoms with E-state index in [9.17, 15) is 0 Å². The molecule has 2 rings (SSSR count). The topological polar surface area (TPSA) is 0 Å². The van der Waals surface area contributed by atoms with Crippen molar-refractivity contribution >= 4 is 41.2 Å². The Morgan fingerprint density at radius 1 is 1.08 bits per heavy atom. The molecule has 60 valence electrons. The van der Waals surface area contributed by atoms with Crippen LogP contribution in [0.25, 0.3) is 10.0 Å². The zero-order valence-electron chi connectivity index (χ0n) is 6.19. The van der Waals surface area contributed by atoms with Crippen LogP contribution >= 0.6 is 12.2 Å². The van der Waals surface area contributed by atoms with E-state index in [1.807, 2.05) is 0 Å². The van der Waals surface area contributed by atoms with Crippen LogP contribution in [0.5, 0.6) is 0 Å². The molecule has 0 aliphatic rings. The van der Waals surface area contributed by atoms with E-state index >= 15 is 0 Å². The molecule has 0 N–H and O–H groups in total. The van der Waals surface area contributed by atoms with E-state index in [4.69, 9.17) is 12.2 Å². The molecule has 0 nitrogen and oxygen atoms in total. The Morgan fingerprint density at radius 2 is 1.83 bits per heavy atom. The molecule has 2 aromatic rings. The molecule has 0 saturated heterocycles. The van der Waals surface area contributed by atoms with E-state index in [0.29, 0.717) is 29.0 Å². The molecule has 0 radical (unpaired) electrons. The van der Waals surface area contributed by atoms with Gasteiger partial charge >= 0.3 is 88.8 Å². The van der Waals surface area contributed by atoms with Crippen LogP contribution in [0.15, 0.2) is 35.3 Å². The molecule has 0 amide bonds. The zero-order chi connectivity index (χ0) is 8.39. The molecule has 0 fully saturated rings. The van der Waals surface area contributed by atoms with Crippen LogP contribution in [0.3, 0.4) is 0 Å². The molecule has 0 saturated carbocycles. The molecule has 3 heteroatoms. The Labute approximate surface area is 88.4 Å². The SMILES string of the molecule is S=c1[se]cc(-c2ccccc2)[se]1. The molecule has 0 spiro atoms. The third-order valence-electron chi connectivity index (χ3n) is 1.51. The fourth-order valence-electron chi connectivity index (χ4n) is 0.969. The second-order valence-electron chi connectivity index (χ2n) is 2.32. The fraction of sp³-hybridized carbons (Fsp3) is 0. The summed E-state index contributed by atoms with van der Waals surface area (Å²) >= 11 is 6.17. The standard InChI is InChI=1S/C9H6SSe2/c10-9-11-6-8(12-9)7-4-2-1-3-5-7/h1-6H. The van der Waals surface area contributed by atoms with Gasteiger partial charge in [0.25, 0.3) is 0 Å². The Balaban J connectivity index is 2.51. The first-order valence-corrected chi connectivity index (χ1v) is 7.47. The molecule has 0 unspecified atom stereocenters. The Morgan fingerprint density at radius 3 is 2.42 bits per heavy atom. The van der Waals surface area contributed by atoms with Gasteiger partial charge in [0.05, 0.1) is 0 Å². The second kappa shape index (κ2) is 3.87. The number of hydrogen-bond acceptors (Lipinski definition) is 1. The van der Waals surface area contributed by atoms with E-state index in [1.54, 1.807) is 0 Å². The molecule has 0 aliphatic carbocycles. The van der Waals surface area contributed by atoms with Gasteiger partial charge in [0.2, 0.25) is 0 Å². The summed E-state index contributed by atoms with van der Waals surface area (Å²) in [7, 11) is 0. The van der Waals surface area contributed by atoms with Gasteiger partial charge in [0, 0.05) is 0 Å². The molecular weight excluding hydrogens is 298 g/mol. The summed E-state index contributed by atoms with van der Waals surface area (Å²) in [6.07, 6.45) is 0. The summed E-state index contributed by atoms with van der Waals surface area (Å²) in [6, 6.07) is 10.5. The van der Waals surface area contributed by atoms with Gasteiger partial charge in [-0.05, 0) is 0 Å². The van der Waals surface area contributed by atoms with Crippen molar-refractivity contribution in [1.82, 2.24) is 0 Å². The molecule has 1 aromatic heterocycles. The van der Waals surface area contributed by atoms with Crippen LogP contribution in [0.2, 0.25) is 0 Å². The van der Waals surface area contributed by atoms with E-state index in [1.165, 1.54) is 12.3 Å². The minimum atomic E-state index is 0.469. The van der Waals surface area contributed by atoms with Gasteiger partial charge in [-0.2, -0.15) is 0 Å². The number of benzene rings is 1. The van der Waals surface area contributed by atoms with Crippen molar-refractivity contribution in [1.29, 1.82) is 0 Å². The summed E-state index contributed by atoms with van der Waals surface area (Å²) in [4.78, 5) is 2.32. The fourth-order valence-corrected chi connectivity index (χ4v) is 6.59. The van der Waals surface area contributed by atoms with Crippen molar-refractivity contribution in [3.05, 3.63) is 37.5 Å². The Kier molecular flexibility index (Phi) is 2.79. The molecule has 0 atom stereocenters. The summed E-state index contributed by atoms with van der Waals surface area (Å²) in [5.74, 6) is 0. The second-order valence-corrected chi connectivity index (χ2v) is 9.26. The maximum absolute atomic E-state index is 5.20. The molecule has 1 heterocycles. The van der Waals surface area contributed by atoms with Gasteiger partial charge in [-0.25, -0.2) is 0 Å². The van der Waals surface area contributed by atoms with Crippen LogP contribution in [-0.2, 0) is 0 Å². The van der Waals surface area contributed by atoms with E-state index < -0.39 is 0 Å². The van der Waals surface area contributed by atoms with Crippen molar-refractivity contribution in [3.63, 3.8) is 0 Å². The van der Waals surface area contributed by atoms with Crippen molar-refractivity contribution < 1.29 is 0 Å². The maximum atomic E-state index is 5.20. The Hall–Kier alpha value is 0.0890. The van der Waals surface area contributed by atoms with Gasteiger partial charge in [-0.15, -0.1) is 0 Å². The first kappa shape index (κ1) is 8.68. The monoisotopic (exact) mass is 306 g/mol. The molecular formula is C9H6SSe2. The summed E-state index contributed by atoms with van der Waals surface area (Å²) in [6.45, 7) is 0. The van der Waals surface area contributed by atoms with Gasteiger partial charge in [0.1, 0.15) is 0 Å². The Bertz CT molecular complexity index is 413. The predicted octanol–water partition coefficient (Wildman–Crippen LogP) is 2.20. The average molecular weight is 304 g/mol. The molecule has 12 heavy (non-hydrogen) atoms. The summed E-state index contributed by atoms with van der Waals surface area (Å²) in [5, 5.41) is 0. The van der Waals surface area contributed by atoms with Gasteiger partial charge in [-0.1, -0.05) is 0 Å². The van der Waals surface area contributed by atoms with Crippen molar-refractivity contribution in [2.45, 2.75) is 0 Å². The molecule has 0 bridgehead atoms. The van der Waals surface area contributed by atoms with Crippen LogP contribution in [0, 0.1) is 2.26 Å². The van der Waals surface area contributed by atoms with Crippen molar-refractivity contribution in [2.75, 3.05) is 0 Å². The quantitative estimate of drug-likeness (QED) is 0.575. The third-order valence-corrected chi connectivity index (χ3v) is 7.86. The first-order valence-electron chi connectivity index (χ1n) is 3.50. The zero-order valence-corrected chi connectivity index (χ0v) is 10.4. The number of hydrogen-bond donors (Lipinski definition) is 0. The van der Waals surface area contributed by atoms with E-state index in [2.05, 4.69) is 35.3 Å². The van der Waals surface area contributed by atoms with Gasteiger partial charge in [0.15, 0.2) is 0 Å². The summed E-state index contributed by atoms with van der Waals surface area (Å²) in [5.41, 5.74) is 1.36. The van der Waals surface area contributed by atoms with Crippen LogP contribution in [0.4, 0.5) is 0 Å². The average Bonchev–Trinajstić information content (AvgIpc) is 2.54. The van der Waals surface area contributed by atoms with Crippen molar-refractivity contribution in [2.24, 2.45) is 0 Å². The van der Waals surface area contributed by atoms with E-state index in [0.717, 1.165) is 0 Å². The first-order chi connectivity index (χ1) is 5.86. The number of rotatable bonds is 1. The molecule has 1 aromatic carbocycles. The minimum absolute atomic E-state index is 0.469. The van der Waals surface area contributed by atoms with Gasteiger partial charge in [-0.3, -0.25) is 0 Å². The van der Waals surface area contributed by atoms with Crippen LogP contribution in [0.1, 0.15) is 0 Å². The van der Waals surface area contributed by atoms with Crippen LogP contribution in [-0.4, -0.2) is 29.0 Å². The molecule has 0 aliphatic heterocycles. The van der Waals surface area contributed by atoms with Crippen molar-refractivity contribution in [3.8, 4) is 10.0 Å². The summed E-state index contributed by atoms with van der Waals surface area (Å²) < 4.78 is 2.77. The predicted molar refractivity (Wildman–Crippen MR) is 56.6 cm³/mol. The van der Waals surface area contributed by atoms with Crippen LogP contribution < -0.4 is 0 Å². The third kappa shape index (κ3) is 1.87. The van der Waals surface area contributed by atoms with Gasteiger partial charge < -0.3 is 0 Å². The van der Waals surface area contributed by atoms with E-state index in [-0.39, 0.29) is 0 Å².